The van der Waals surface area contributed by atoms with E-state index in [2.05, 4.69) is 29.5 Å². The SMILES string of the molecule is CC#CCCNC(C)c1csc(Cl)c1. The molecule has 0 aliphatic carbocycles. The molecule has 0 bridgehead atoms. The number of nitrogens with one attached hydrogen (secondary N) is 1. The molecular formula is C11H14ClNS. The molecule has 1 atom stereocenters. The summed E-state index contributed by atoms with van der Waals surface area (Å²) in [6, 6.07) is 2.37. The zero-order chi connectivity index (χ0) is 10.4. The molecule has 1 heterocycles. The topological polar surface area (TPSA) is 12.0 Å². The lowest BCUT2D eigenvalue weighted by Crippen LogP contribution is -2.18. The van der Waals surface area contributed by atoms with E-state index in [0.717, 1.165) is 17.3 Å². The minimum atomic E-state index is 0.359. The van der Waals surface area contributed by atoms with Crippen LogP contribution >= 0.6 is 22.9 Å². The van der Waals surface area contributed by atoms with E-state index < -0.39 is 0 Å². The Hall–Kier alpha value is -0.490. The molecule has 1 unspecified atom stereocenters. The van der Waals surface area contributed by atoms with E-state index in [1.54, 1.807) is 11.3 Å². The normalized spacial score (nSPS) is 11.9. The Bertz CT molecular complexity index is 335. The number of halogens is 1. The van der Waals surface area contributed by atoms with Crippen LogP contribution in [0, 0.1) is 11.8 Å². The fourth-order valence-electron chi connectivity index (χ4n) is 1.14. The van der Waals surface area contributed by atoms with Crippen molar-refractivity contribution in [1.82, 2.24) is 5.32 Å². The Morgan fingerprint density at radius 2 is 2.43 bits per heavy atom. The molecule has 14 heavy (non-hydrogen) atoms. The molecule has 1 aromatic rings. The molecule has 0 saturated heterocycles. The van der Waals surface area contributed by atoms with Gasteiger partial charge in [0.05, 0.1) is 4.34 Å². The maximum atomic E-state index is 5.86. The minimum Gasteiger partial charge on any atom is -0.309 e. The molecule has 0 spiro atoms. The van der Waals surface area contributed by atoms with Gasteiger partial charge in [-0.25, -0.2) is 0 Å². The second kappa shape index (κ2) is 6.08. The third-order valence-corrected chi connectivity index (χ3v) is 3.07. The van der Waals surface area contributed by atoms with Gasteiger partial charge >= 0.3 is 0 Å². The molecule has 0 aromatic carbocycles. The maximum Gasteiger partial charge on any atom is 0.0931 e. The zero-order valence-electron chi connectivity index (χ0n) is 8.43. The van der Waals surface area contributed by atoms with Crippen molar-refractivity contribution < 1.29 is 0 Å². The number of hydrogen-bond donors (Lipinski definition) is 1. The molecule has 1 nitrogen and oxygen atoms in total. The molecular weight excluding hydrogens is 214 g/mol. The molecule has 1 rings (SSSR count). The van der Waals surface area contributed by atoms with Gasteiger partial charge in [-0.3, -0.25) is 0 Å². The average Bonchev–Trinajstić information content (AvgIpc) is 2.59. The first-order valence-corrected chi connectivity index (χ1v) is 5.86. The maximum absolute atomic E-state index is 5.86. The number of thiophene rings is 1. The van der Waals surface area contributed by atoms with Crippen molar-refractivity contribution in [2.24, 2.45) is 0 Å². The van der Waals surface area contributed by atoms with Crippen LogP contribution in [0.2, 0.25) is 4.34 Å². The van der Waals surface area contributed by atoms with Crippen LogP contribution in [0.3, 0.4) is 0 Å². The molecule has 0 amide bonds. The van der Waals surface area contributed by atoms with Crippen LogP contribution in [0.5, 0.6) is 0 Å². The Labute approximate surface area is 94.5 Å². The van der Waals surface area contributed by atoms with Gasteiger partial charge in [0.1, 0.15) is 0 Å². The third-order valence-electron chi connectivity index (χ3n) is 1.97. The smallest absolute Gasteiger partial charge is 0.0931 e. The van der Waals surface area contributed by atoms with Crippen molar-refractivity contribution in [2.75, 3.05) is 6.54 Å². The van der Waals surface area contributed by atoms with Gasteiger partial charge in [0.2, 0.25) is 0 Å². The van der Waals surface area contributed by atoms with Gasteiger partial charge in [0, 0.05) is 19.0 Å². The monoisotopic (exact) mass is 227 g/mol. The van der Waals surface area contributed by atoms with Crippen LogP contribution in [0.1, 0.15) is 31.9 Å². The van der Waals surface area contributed by atoms with Crippen molar-refractivity contribution in [3.8, 4) is 11.8 Å². The molecule has 0 radical (unpaired) electrons. The molecule has 76 valence electrons. The summed E-state index contributed by atoms with van der Waals surface area (Å²) in [6.45, 7) is 4.93. The van der Waals surface area contributed by atoms with Gasteiger partial charge in [-0.15, -0.1) is 23.2 Å². The fraction of sp³-hybridized carbons (Fsp3) is 0.455. The fourth-order valence-corrected chi connectivity index (χ4v) is 2.13. The summed E-state index contributed by atoms with van der Waals surface area (Å²) < 4.78 is 0.849. The highest BCUT2D eigenvalue weighted by Gasteiger charge is 2.05. The Balaban J connectivity index is 2.34. The van der Waals surface area contributed by atoms with Crippen LogP contribution in [-0.2, 0) is 0 Å². The summed E-state index contributed by atoms with van der Waals surface area (Å²) >= 11 is 7.43. The van der Waals surface area contributed by atoms with Crippen LogP contribution in [0.4, 0.5) is 0 Å². The zero-order valence-corrected chi connectivity index (χ0v) is 10.0. The Morgan fingerprint density at radius 1 is 1.64 bits per heavy atom. The van der Waals surface area contributed by atoms with E-state index in [4.69, 9.17) is 11.6 Å². The van der Waals surface area contributed by atoms with E-state index in [9.17, 15) is 0 Å². The standard InChI is InChI=1S/C11H14ClNS/c1-3-4-5-6-13-9(2)10-7-11(12)14-8-10/h7-9,13H,5-6H2,1-2H3. The highest BCUT2D eigenvalue weighted by atomic mass is 35.5. The van der Waals surface area contributed by atoms with Crippen molar-refractivity contribution in [1.29, 1.82) is 0 Å². The summed E-state index contributed by atoms with van der Waals surface area (Å²) in [5.41, 5.74) is 1.25. The highest BCUT2D eigenvalue weighted by molar-refractivity contribution is 7.14. The van der Waals surface area contributed by atoms with E-state index in [-0.39, 0.29) is 0 Å². The first-order valence-electron chi connectivity index (χ1n) is 4.61. The average molecular weight is 228 g/mol. The molecule has 1 N–H and O–H groups in total. The third kappa shape index (κ3) is 3.71. The molecule has 3 heteroatoms. The van der Waals surface area contributed by atoms with E-state index in [1.807, 2.05) is 13.0 Å². The van der Waals surface area contributed by atoms with Crippen LogP contribution in [0.15, 0.2) is 11.4 Å². The van der Waals surface area contributed by atoms with Crippen LogP contribution < -0.4 is 5.32 Å². The van der Waals surface area contributed by atoms with Crippen LogP contribution in [0.25, 0.3) is 0 Å². The van der Waals surface area contributed by atoms with Crippen molar-refractivity contribution in [3.05, 3.63) is 21.3 Å². The first kappa shape index (κ1) is 11.6. The molecule has 1 aromatic heterocycles. The number of hydrogen-bond acceptors (Lipinski definition) is 2. The lowest BCUT2D eigenvalue weighted by Gasteiger charge is -2.10. The lowest BCUT2D eigenvalue weighted by molar-refractivity contribution is 0.585. The van der Waals surface area contributed by atoms with E-state index >= 15 is 0 Å². The summed E-state index contributed by atoms with van der Waals surface area (Å²) in [5.74, 6) is 5.90. The van der Waals surface area contributed by atoms with E-state index in [1.165, 1.54) is 5.56 Å². The molecule has 0 fully saturated rings. The van der Waals surface area contributed by atoms with Gasteiger partial charge in [0.15, 0.2) is 0 Å². The van der Waals surface area contributed by atoms with Crippen molar-refractivity contribution in [3.63, 3.8) is 0 Å². The highest BCUT2D eigenvalue weighted by Crippen LogP contribution is 2.24. The van der Waals surface area contributed by atoms with Gasteiger partial charge in [-0.05, 0) is 30.9 Å². The Morgan fingerprint density at radius 3 is 3.00 bits per heavy atom. The quantitative estimate of drug-likeness (QED) is 0.614. The van der Waals surface area contributed by atoms with Crippen LogP contribution in [-0.4, -0.2) is 6.54 Å². The van der Waals surface area contributed by atoms with Crippen molar-refractivity contribution in [2.45, 2.75) is 26.3 Å². The summed E-state index contributed by atoms with van der Waals surface area (Å²) in [5, 5.41) is 5.48. The summed E-state index contributed by atoms with van der Waals surface area (Å²) in [6.07, 6.45) is 0.901. The lowest BCUT2D eigenvalue weighted by atomic mass is 10.2. The number of rotatable bonds is 4. The van der Waals surface area contributed by atoms with Gasteiger partial charge in [-0.2, -0.15) is 0 Å². The largest absolute Gasteiger partial charge is 0.309 e. The van der Waals surface area contributed by atoms with Gasteiger partial charge in [0.25, 0.3) is 0 Å². The van der Waals surface area contributed by atoms with Gasteiger partial charge in [-0.1, -0.05) is 11.6 Å². The Kier molecular flexibility index (Phi) is 5.03. The predicted molar refractivity (Wildman–Crippen MR) is 63.8 cm³/mol. The summed E-state index contributed by atoms with van der Waals surface area (Å²) in [7, 11) is 0. The molecule has 0 aliphatic rings. The minimum absolute atomic E-state index is 0.359. The van der Waals surface area contributed by atoms with Gasteiger partial charge < -0.3 is 5.32 Å². The second-order valence-corrected chi connectivity index (χ2v) is 4.58. The van der Waals surface area contributed by atoms with Crippen molar-refractivity contribution >= 4 is 22.9 Å². The first-order chi connectivity index (χ1) is 6.74. The van der Waals surface area contributed by atoms with E-state index in [0.29, 0.717) is 6.04 Å². The predicted octanol–water partition coefficient (Wildman–Crippen LogP) is 3.47. The molecule has 0 saturated carbocycles. The second-order valence-electron chi connectivity index (χ2n) is 3.04. The summed E-state index contributed by atoms with van der Waals surface area (Å²) in [4.78, 5) is 0. The molecule has 0 aliphatic heterocycles.